The lowest BCUT2D eigenvalue weighted by Gasteiger charge is -2.32. The number of hydrogen-bond donors (Lipinski definition) is 3. The highest BCUT2D eigenvalue weighted by molar-refractivity contribution is 5.84. The van der Waals surface area contributed by atoms with Crippen LogP contribution >= 0.6 is 0 Å². The van der Waals surface area contributed by atoms with Crippen molar-refractivity contribution >= 4 is 17.9 Å². The fraction of sp³-hybridized carbons (Fsp3) is 0.750. The standard InChI is InChI=1S/C12H21N3O4/c1-12(2)6-3-7-15(12)11(19)14-8(10(17)18)4-5-9(13)16/h8H,3-7H2,1-2H3,(H2,13,16)(H,14,19)(H,17,18)/t8-/m1/s1. The monoisotopic (exact) mass is 271 g/mol. The van der Waals surface area contributed by atoms with Crippen molar-refractivity contribution in [2.24, 2.45) is 5.73 Å². The van der Waals surface area contributed by atoms with Crippen molar-refractivity contribution in [3.63, 3.8) is 0 Å². The summed E-state index contributed by atoms with van der Waals surface area (Å²) >= 11 is 0. The molecule has 1 rings (SSSR count). The molecule has 0 radical (unpaired) electrons. The van der Waals surface area contributed by atoms with Crippen molar-refractivity contribution in [2.45, 2.75) is 51.1 Å². The van der Waals surface area contributed by atoms with E-state index in [1.54, 1.807) is 4.90 Å². The fourth-order valence-corrected chi connectivity index (χ4v) is 2.25. The summed E-state index contributed by atoms with van der Waals surface area (Å²) in [5, 5.41) is 11.5. The van der Waals surface area contributed by atoms with E-state index in [1.807, 2.05) is 13.8 Å². The Morgan fingerprint density at radius 3 is 2.47 bits per heavy atom. The van der Waals surface area contributed by atoms with Crippen molar-refractivity contribution in [3.8, 4) is 0 Å². The normalized spacial score (nSPS) is 18.9. The predicted octanol–water partition coefficient (Wildman–Crippen LogP) is 0.289. The van der Waals surface area contributed by atoms with Gasteiger partial charge in [-0.25, -0.2) is 9.59 Å². The fourth-order valence-electron chi connectivity index (χ4n) is 2.25. The molecule has 0 aromatic carbocycles. The van der Waals surface area contributed by atoms with E-state index in [0.717, 1.165) is 12.8 Å². The first-order valence-corrected chi connectivity index (χ1v) is 6.33. The molecule has 0 spiro atoms. The number of likely N-dealkylation sites (tertiary alicyclic amines) is 1. The van der Waals surface area contributed by atoms with Crippen LogP contribution in [0.5, 0.6) is 0 Å². The average Bonchev–Trinajstić information content (AvgIpc) is 2.63. The quantitative estimate of drug-likeness (QED) is 0.667. The first-order chi connectivity index (χ1) is 8.74. The van der Waals surface area contributed by atoms with E-state index in [1.165, 1.54) is 0 Å². The third-order valence-electron chi connectivity index (χ3n) is 3.42. The number of carbonyl (C=O) groups excluding carboxylic acids is 2. The maximum atomic E-state index is 12.1. The van der Waals surface area contributed by atoms with E-state index in [2.05, 4.69) is 5.32 Å². The summed E-state index contributed by atoms with van der Waals surface area (Å²) in [5.74, 6) is -1.74. The molecule has 3 amide bonds. The summed E-state index contributed by atoms with van der Waals surface area (Å²) in [6.07, 6.45) is 1.73. The van der Waals surface area contributed by atoms with Gasteiger partial charge >= 0.3 is 12.0 Å². The molecule has 0 aromatic rings. The number of aliphatic carboxylic acids is 1. The van der Waals surface area contributed by atoms with Crippen molar-refractivity contribution in [1.82, 2.24) is 10.2 Å². The van der Waals surface area contributed by atoms with E-state index in [-0.39, 0.29) is 18.4 Å². The number of carboxylic acids is 1. The molecule has 0 bridgehead atoms. The van der Waals surface area contributed by atoms with Gasteiger partial charge in [0.1, 0.15) is 6.04 Å². The lowest BCUT2D eigenvalue weighted by Crippen LogP contribution is -2.52. The molecule has 1 heterocycles. The van der Waals surface area contributed by atoms with Gasteiger partial charge in [0, 0.05) is 18.5 Å². The number of carboxylic acid groups (broad SMARTS) is 1. The van der Waals surface area contributed by atoms with Gasteiger partial charge in [-0.1, -0.05) is 0 Å². The summed E-state index contributed by atoms with van der Waals surface area (Å²) in [4.78, 5) is 35.4. The van der Waals surface area contributed by atoms with Gasteiger partial charge in [-0.05, 0) is 33.1 Å². The number of hydrogen-bond acceptors (Lipinski definition) is 3. The maximum Gasteiger partial charge on any atom is 0.326 e. The molecule has 1 aliphatic rings. The van der Waals surface area contributed by atoms with Gasteiger partial charge in [0.05, 0.1) is 0 Å². The zero-order valence-corrected chi connectivity index (χ0v) is 11.3. The van der Waals surface area contributed by atoms with Crippen LogP contribution in [0.1, 0.15) is 39.5 Å². The van der Waals surface area contributed by atoms with Gasteiger partial charge < -0.3 is 21.1 Å². The molecule has 1 aliphatic heterocycles. The molecular formula is C12H21N3O4. The Balaban J connectivity index is 2.61. The zero-order valence-electron chi connectivity index (χ0n) is 11.3. The van der Waals surface area contributed by atoms with Gasteiger partial charge in [0.2, 0.25) is 5.91 Å². The van der Waals surface area contributed by atoms with E-state index in [4.69, 9.17) is 10.8 Å². The lowest BCUT2D eigenvalue weighted by atomic mass is 10.0. The van der Waals surface area contributed by atoms with Gasteiger partial charge in [-0.2, -0.15) is 0 Å². The van der Waals surface area contributed by atoms with Crippen LogP contribution in [0.2, 0.25) is 0 Å². The summed E-state index contributed by atoms with van der Waals surface area (Å²) in [5.41, 5.74) is 4.71. The minimum atomic E-state index is -1.16. The Morgan fingerprint density at radius 2 is 2.05 bits per heavy atom. The van der Waals surface area contributed by atoms with Crippen molar-refractivity contribution < 1.29 is 19.5 Å². The van der Waals surface area contributed by atoms with Crippen LogP contribution in [-0.2, 0) is 9.59 Å². The molecule has 1 atom stereocenters. The molecule has 0 saturated carbocycles. The smallest absolute Gasteiger partial charge is 0.326 e. The molecule has 1 saturated heterocycles. The largest absolute Gasteiger partial charge is 0.480 e. The number of rotatable bonds is 5. The Labute approximate surface area is 112 Å². The van der Waals surface area contributed by atoms with Crippen LogP contribution in [0.3, 0.4) is 0 Å². The summed E-state index contributed by atoms with van der Waals surface area (Å²) in [7, 11) is 0. The highest BCUT2D eigenvalue weighted by atomic mass is 16.4. The van der Waals surface area contributed by atoms with Crippen LogP contribution < -0.4 is 11.1 Å². The highest BCUT2D eigenvalue weighted by Crippen LogP contribution is 2.28. The number of primary amides is 1. The lowest BCUT2D eigenvalue weighted by molar-refractivity contribution is -0.139. The highest BCUT2D eigenvalue weighted by Gasteiger charge is 2.36. The number of urea groups is 1. The Bertz CT molecular complexity index is 381. The minimum absolute atomic E-state index is 0.00464. The van der Waals surface area contributed by atoms with Gasteiger partial charge in [0.25, 0.3) is 0 Å². The molecule has 0 aliphatic carbocycles. The summed E-state index contributed by atoms with van der Waals surface area (Å²) in [6.45, 7) is 4.50. The number of nitrogens with two attached hydrogens (primary N) is 1. The van der Waals surface area contributed by atoms with Gasteiger partial charge in [0.15, 0.2) is 0 Å². The Kier molecular flexibility index (Phi) is 4.74. The molecule has 1 fully saturated rings. The van der Waals surface area contributed by atoms with Crippen LogP contribution in [0, 0.1) is 0 Å². The Morgan fingerprint density at radius 1 is 1.42 bits per heavy atom. The van der Waals surface area contributed by atoms with Crippen molar-refractivity contribution in [1.29, 1.82) is 0 Å². The van der Waals surface area contributed by atoms with Crippen LogP contribution in [0.4, 0.5) is 4.79 Å². The van der Waals surface area contributed by atoms with Gasteiger partial charge in [-0.3, -0.25) is 4.79 Å². The van der Waals surface area contributed by atoms with Gasteiger partial charge in [-0.15, -0.1) is 0 Å². The molecule has 7 heteroatoms. The van der Waals surface area contributed by atoms with Crippen LogP contribution in [0.25, 0.3) is 0 Å². The number of nitrogens with zero attached hydrogens (tertiary/aromatic N) is 1. The number of amides is 3. The number of carbonyl (C=O) groups is 3. The second-order valence-electron chi connectivity index (χ2n) is 5.41. The third-order valence-corrected chi connectivity index (χ3v) is 3.42. The van der Waals surface area contributed by atoms with E-state index >= 15 is 0 Å². The van der Waals surface area contributed by atoms with E-state index in [0.29, 0.717) is 6.54 Å². The van der Waals surface area contributed by atoms with E-state index < -0.39 is 23.9 Å². The second kappa shape index (κ2) is 5.90. The molecular weight excluding hydrogens is 250 g/mol. The van der Waals surface area contributed by atoms with Crippen molar-refractivity contribution in [2.75, 3.05) is 6.54 Å². The summed E-state index contributed by atoms with van der Waals surface area (Å²) in [6, 6.07) is -1.49. The van der Waals surface area contributed by atoms with Crippen LogP contribution in [0.15, 0.2) is 0 Å². The SMILES string of the molecule is CC1(C)CCCN1C(=O)N[C@H](CCC(N)=O)C(=O)O. The third kappa shape index (κ3) is 4.11. The zero-order chi connectivity index (χ0) is 14.6. The predicted molar refractivity (Wildman–Crippen MR) is 68.4 cm³/mol. The maximum absolute atomic E-state index is 12.1. The first kappa shape index (κ1) is 15.3. The minimum Gasteiger partial charge on any atom is -0.480 e. The molecule has 108 valence electrons. The van der Waals surface area contributed by atoms with Crippen molar-refractivity contribution in [3.05, 3.63) is 0 Å². The second-order valence-corrected chi connectivity index (χ2v) is 5.41. The molecule has 0 aromatic heterocycles. The topological polar surface area (TPSA) is 113 Å². The number of nitrogens with one attached hydrogen (secondary N) is 1. The molecule has 19 heavy (non-hydrogen) atoms. The molecule has 0 unspecified atom stereocenters. The van der Waals surface area contributed by atoms with Crippen LogP contribution in [-0.4, -0.2) is 46.0 Å². The molecule has 4 N–H and O–H groups in total. The Hall–Kier alpha value is -1.79. The molecule has 7 nitrogen and oxygen atoms in total. The van der Waals surface area contributed by atoms with E-state index in [9.17, 15) is 14.4 Å². The summed E-state index contributed by atoms with van der Waals surface area (Å²) < 4.78 is 0. The average molecular weight is 271 g/mol. The first-order valence-electron chi connectivity index (χ1n) is 6.33.